The van der Waals surface area contributed by atoms with Gasteiger partial charge in [-0.2, -0.15) is 5.10 Å². The van der Waals surface area contributed by atoms with Crippen LogP contribution in [0.15, 0.2) is 59.0 Å². The Kier molecular flexibility index (Phi) is 7.22. The van der Waals surface area contributed by atoms with Crippen LogP contribution < -0.4 is 21.3 Å². The van der Waals surface area contributed by atoms with Gasteiger partial charge < -0.3 is 15.9 Å². The first-order valence-electron chi connectivity index (χ1n) is 9.14. The molecule has 0 saturated heterocycles. The molecule has 30 heavy (non-hydrogen) atoms. The number of hydrazone groups is 1. The quantitative estimate of drug-likeness (QED) is 0.206. The van der Waals surface area contributed by atoms with Crippen molar-refractivity contribution in [1.82, 2.24) is 19.9 Å². The highest BCUT2D eigenvalue weighted by Gasteiger charge is 2.13. The molecule has 0 spiro atoms. The molecule has 0 saturated carbocycles. The number of nitrogens with two attached hydrogens (primary N) is 1. The molecule has 3 aromatic rings. The van der Waals surface area contributed by atoms with Crippen LogP contribution in [0.1, 0.15) is 19.4 Å². The number of aromatic nitrogens is 4. The van der Waals surface area contributed by atoms with Gasteiger partial charge in [0.1, 0.15) is 5.75 Å². The predicted molar refractivity (Wildman–Crippen MR) is 117 cm³/mol. The van der Waals surface area contributed by atoms with Crippen molar-refractivity contribution in [3.05, 3.63) is 54.4 Å². The van der Waals surface area contributed by atoms with Crippen molar-refractivity contribution in [1.29, 1.82) is 0 Å². The van der Waals surface area contributed by atoms with E-state index in [1.165, 1.54) is 4.68 Å². The minimum absolute atomic E-state index is 0.106. The molecule has 0 aliphatic rings. The van der Waals surface area contributed by atoms with Crippen molar-refractivity contribution in [2.75, 3.05) is 28.9 Å². The van der Waals surface area contributed by atoms with Crippen LogP contribution in [-0.2, 0) is 4.79 Å². The van der Waals surface area contributed by atoms with Crippen LogP contribution >= 0.6 is 11.8 Å². The Morgan fingerprint density at radius 1 is 1.23 bits per heavy atom. The van der Waals surface area contributed by atoms with E-state index in [1.54, 1.807) is 24.5 Å². The molecule has 1 amide bonds. The number of pyridine rings is 1. The minimum atomic E-state index is -0.212. The summed E-state index contributed by atoms with van der Waals surface area (Å²) in [5.74, 6) is 6.78. The van der Waals surface area contributed by atoms with E-state index in [0.717, 1.165) is 23.0 Å². The lowest BCUT2D eigenvalue weighted by atomic mass is 10.2. The molecule has 10 nitrogen and oxygen atoms in total. The summed E-state index contributed by atoms with van der Waals surface area (Å²) >= 11 is 1.16. The summed E-state index contributed by atoms with van der Waals surface area (Å²) in [5.41, 5.74) is 5.05. The number of benzene rings is 1. The number of nitrogens with one attached hydrogen (secondary N) is 2. The molecular formula is C19H22N8O2S. The van der Waals surface area contributed by atoms with E-state index in [1.807, 2.05) is 38.1 Å². The Morgan fingerprint density at radius 2 is 2.00 bits per heavy atom. The average molecular weight is 427 g/mol. The summed E-state index contributed by atoms with van der Waals surface area (Å²) in [6.45, 7) is 4.24. The minimum Gasteiger partial charge on any atom is -0.492 e. The van der Waals surface area contributed by atoms with Gasteiger partial charge in [0.2, 0.25) is 11.1 Å². The number of thioether (sulfide) groups is 1. The number of nitrogens with zero attached hydrogens (tertiary/aromatic N) is 5. The summed E-state index contributed by atoms with van der Waals surface area (Å²) in [6, 6.07) is 10.9. The van der Waals surface area contributed by atoms with Crippen molar-refractivity contribution in [3.8, 4) is 5.75 Å². The lowest BCUT2D eigenvalue weighted by Gasteiger charge is -2.10. The third-order valence-electron chi connectivity index (χ3n) is 3.88. The number of nitrogen functional groups attached to an aromatic ring is 1. The normalized spacial score (nSPS) is 11.2. The molecule has 4 N–H and O–H groups in total. The maximum atomic E-state index is 12.3. The lowest BCUT2D eigenvalue weighted by Crippen LogP contribution is -2.17. The van der Waals surface area contributed by atoms with Gasteiger partial charge in [-0.25, -0.2) is 10.1 Å². The fourth-order valence-electron chi connectivity index (χ4n) is 2.41. The Hall–Kier alpha value is -3.60. The zero-order valence-corrected chi connectivity index (χ0v) is 17.4. The Morgan fingerprint density at radius 3 is 2.77 bits per heavy atom. The van der Waals surface area contributed by atoms with E-state index < -0.39 is 0 Å². The number of anilines is 2. The smallest absolute Gasteiger partial charge is 0.264 e. The molecule has 0 bridgehead atoms. The van der Waals surface area contributed by atoms with Gasteiger partial charge in [0, 0.05) is 18.0 Å². The van der Waals surface area contributed by atoms with Gasteiger partial charge in [-0.3, -0.25) is 9.78 Å². The van der Waals surface area contributed by atoms with Gasteiger partial charge in [0.25, 0.3) is 5.95 Å². The Balaban J connectivity index is 1.57. The number of para-hydroxylation sites is 2. The van der Waals surface area contributed by atoms with Crippen LogP contribution in [0.5, 0.6) is 5.75 Å². The monoisotopic (exact) mass is 426 g/mol. The topological polar surface area (TPSA) is 132 Å². The molecule has 11 heteroatoms. The third kappa shape index (κ3) is 5.47. The summed E-state index contributed by atoms with van der Waals surface area (Å²) in [7, 11) is 0. The van der Waals surface area contributed by atoms with Crippen LogP contribution in [0.4, 0.5) is 11.6 Å². The molecule has 0 aliphatic carbocycles. The first-order chi connectivity index (χ1) is 14.6. The van der Waals surface area contributed by atoms with Gasteiger partial charge in [0.05, 0.1) is 23.8 Å². The van der Waals surface area contributed by atoms with Gasteiger partial charge in [0.15, 0.2) is 0 Å². The second kappa shape index (κ2) is 10.3. The van der Waals surface area contributed by atoms with Crippen LogP contribution in [0, 0.1) is 0 Å². The summed E-state index contributed by atoms with van der Waals surface area (Å²) in [4.78, 5) is 16.3. The molecule has 2 heterocycles. The molecule has 0 fully saturated rings. The van der Waals surface area contributed by atoms with Gasteiger partial charge in [-0.15, -0.1) is 10.2 Å². The predicted octanol–water partition coefficient (Wildman–Crippen LogP) is 2.35. The summed E-state index contributed by atoms with van der Waals surface area (Å²) in [6.07, 6.45) is 3.37. The Labute approximate surface area is 177 Å². The number of ether oxygens (including phenoxy) is 1. The number of carbonyl (C=O) groups is 1. The maximum absolute atomic E-state index is 12.3. The van der Waals surface area contributed by atoms with Gasteiger partial charge in [-0.05, 0) is 38.1 Å². The van der Waals surface area contributed by atoms with Gasteiger partial charge in [-0.1, -0.05) is 23.9 Å². The third-order valence-corrected chi connectivity index (χ3v) is 4.82. The summed E-state index contributed by atoms with van der Waals surface area (Å²) in [5, 5.41) is 15.4. The number of rotatable bonds is 9. The first-order valence-corrected chi connectivity index (χ1v) is 10.1. The van der Waals surface area contributed by atoms with Crippen molar-refractivity contribution in [2.24, 2.45) is 5.10 Å². The van der Waals surface area contributed by atoms with Crippen LogP contribution in [0.2, 0.25) is 0 Å². The van der Waals surface area contributed by atoms with Crippen molar-refractivity contribution < 1.29 is 9.53 Å². The number of amides is 1. The number of hydrogen-bond donors (Lipinski definition) is 3. The van der Waals surface area contributed by atoms with E-state index in [-0.39, 0.29) is 17.6 Å². The highest BCUT2D eigenvalue weighted by molar-refractivity contribution is 7.99. The van der Waals surface area contributed by atoms with E-state index in [2.05, 4.69) is 31.0 Å². The molecule has 1 aromatic carbocycles. The van der Waals surface area contributed by atoms with Gasteiger partial charge >= 0.3 is 0 Å². The second-order valence-electron chi connectivity index (χ2n) is 5.99. The van der Waals surface area contributed by atoms with Crippen LogP contribution in [0.25, 0.3) is 0 Å². The van der Waals surface area contributed by atoms with E-state index >= 15 is 0 Å². The van der Waals surface area contributed by atoms with Crippen molar-refractivity contribution in [2.45, 2.75) is 19.0 Å². The largest absolute Gasteiger partial charge is 0.492 e. The molecule has 3 rings (SSSR count). The van der Waals surface area contributed by atoms with Crippen LogP contribution in [-0.4, -0.2) is 43.8 Å². The molecule has 0 radical (unpaired) electrons. The van der Waals surface area contributed by atoms with E-state index in [9.17, 15) is 4.79 Å². The second-order valence-corrected chi connectivity index (χ2v) is 6.93. The van der Waals surface area contributed by atoms with Crippen LogP contribution in [0.3, 0.4) is 0 Å². The SMILES string of the molecule is CCOc1ccccc1NC(=O)CSc1nnc(N/N=C(\C)c2ccncc2)n1N. The molecule has 0 unspecified atom stereocenters. The molecule has 0 atom stereocenters. The van der Waals surface area contributed by atoms with Crippen molar-refractivity contribution in [3.63, 3.8) is 0 Å². The fraction of sp³-hybridized carbons (Fsp3) is 0.211. The molecule has 2 aromatic heterocycles. The van der Waals surface area contributed by atoms with E-state index in [4.69, 9.17) is 10.6 Å². The first kappa shape index (κ1) is 21.1. The zero-order valence-electron chi connectivity index (χ0n) is 16.6. The number of hydrogen-bond acceptors (Lipinski definition) is 9. The zero-order chi connectivity index (χ0) is 21.3. The lowest BCUT2D eigenvalue weighted by molar-refractivity contribution is -0.113. The highest BCUT2D eigenvalue weighted by Crippen LogP contribution is 2.24. The fourth-order valence-corrected chi connectivity index (χ4v) is 3.07. The average Bonchev–Trinajstić information content (AvgIpc) is 3.12. The maximum Gasteiger partial charge on any atom is 0.264 e. The summed E-state index contributed by atoms with van der Waals surface area (Å²) < 4.78 is 6.75. The number of carbonyl (C=O) groups excluding carboxylic acids is 1. The molecule has 0 aliphatic heterocycles. The molecule has 156 valence electrons. The van der Waals surface area contributed by atoms with Crippen molar-refractivity contribution >= 4 is 35.0 Å². The highest BCUT2D eigenvalue weighted by atomic mass is 32.2. The standard InChI is InChI=1S/C19H22N8O2S/c1-3-29-16-7-5-4-6-15(16)22-17(28)12-30-19-26-25-18(27(19)20)24-23-13(2)14-8-10-21-11-9-14/h4-11H,3,12,20H2,1-2H3,(H,22,28)(H,24,25)/b23-13+. The Bertz CT molecular complexity index is 1020. The molecular weight excluding hydrogens is 404 g/mol. The van der Waals surface area contributed by atoms with E-state index in [0.29, 0.717) is 23.2 Å².